The van der Waals surface area contributed by atoms with Crippen LogP contribution in [0.25, 0.3) is 11.0 Å². The lowest BCUT2D eigenvalue weighted by atomic mass is 9.87. The summed E-state index contributed by atoms with van der Waals surface area (Å²) in [5, 5.41) is 11.7. The molecule has 2 heterocycles. The Morgan fingerprint density at radius 2 is 1.44 bits per heavy atom. The minimum absolute atomic E-state index is 0.229. The topological polar surface area (TPSA) is 56.9 Å². The number of β-amino-alcohol motifs (C(OH)–C–C–N with tert-alkyl or cyclic N) is 1. The van der Waals surface area contributed by atoms with E-state index in [0.29, 0.717) is 37.7 Å². The van der Waals surface area contributed by atoms with Gasteiger partial charge < -0.3 is 14.4 Å². The zero-order valence-electron chi connectivity index (χ0n) is 20.6. The average Bonchev–Trinajstić information content (AvgIpc) is 3.37. The molecule has 5 nitrogen and oxygen atoms in total. The molecule has 1 unspecified atom stereocenters. The van der Waals surface area contributed by atoms with Crippen molar-refractivity contribution in [3.8, 4) is 0 Å². The molecule has 1 aliphatic rings. The van der Waals surface area contributed by atoms with Gasteiger partial charge in [-0.2, -0.15) is 0 Å². The summed E-state index contributed by atoms with van der Waals surface area (Å²) in [5.41, 5.74) is 3.39. The third kappa shape index (κ3) is 5.86. The highest BCUT2D eigenvalue weighted by atomic mass is 16.4. The number of carbonyl (C=O) groups is 1. The normalized spacial score (nSPS) is 15.4. The van der Waals surface area contributed by atoms with Gasteiger partial charge in [-0.1, -0.05) is 78.9 Å². The summed E-state index contributed by atoms with van der Waals surface area (Å²) in [6, 6.07) is 30.9. The largest absolute Gasteiger partial charge is 0.458 e. The SMILES string of the molecule is O=C(CCCC(c1ccccc1)c1ccccc1)N1CCN(CC(O)c2cc3ccccc3o2)CC1. The van der Waals surface area contributed by atoms with E-state index in [2.05, 4.69) is 53.4 Å². The van der Waals surface area contributed by atoms with Gasteiger partial charge in [0.15, 0.2) is 0 Å². The summed E-state index contributed by atoms with van der Waals surface area (Å²) < 4.78 is 5.82. The second kappa shape index (κ2) is 11.5. The number of hydrogen-bond acceptors (Lipinski definition) is 4. The van der Waals surface area contributed by atoms with Gasteiger partial charge in [0.2, 0.25) is 5.91 Å². The molecule has 0 bridgehead atoms. The number of hydrogen-bond donors (Lipinski definition) is 1. The Labute approximate surface area is 213 Å². The Bertz CT molecular complexity index is 1170. The van der Waals surface area contributed by atoms with E-state index in [0.717, 1.165) is 36.9 Å². The van der Waals surface area contributed by atoms with Crippen molar-refractivity contribution in [1.29, 1.82) is 0 Å². The molecule has 3 aromatic carbocycles. The Balaban J connectivity index is 1.09. The van der Waals surface area contributed by atoms with Gasteiger partial charge in [0.25, 0.3) is 0 Å². The van der Waals surface area contributed by atoms with Gasteiger partial charge in [-0.25, -0.2) is 0 Å². The second-order valence-corrected chi connectivity index (χ2v) is 9.65. The molecule has 186 valence electrons. The highest BCUT2D eigenvalue weighted by molar-refractivity contribution is 5.77. The fourth-order valence-electron chi connectivity index (χ4n) is 5.19. The Hall–Kier alpha value is -3.41. The zero-order valence-corrected chi connectivity index (χ0v) is 20.6. The quantitative estimate of drug-likeness (QED) is 0.337. The maximum absolute atomic E-state index is 12.9. The number of carbonyl (C=O) groups excluding carboxylic acids is 1. The van der Waals surface area contributed by atoms with Gasteiger partial charge >= 0.3 is 0 Å². The van der Waals surface area contributed by atoms with Crippen LogP contribution in [0.1, 0.15) is 48.2 Å². The minimum Gasteiger partial charge on any atom is -0.458 e. The first-order valence-electron chi connectivity index (χ1n) is 12.9. The van der Waals surface area contributed by atoms with Crippen LogP contribution < -0.4 is 0 Å². The summed E-state index contributed by atoms with van der Waals surface area (Å²) in [7, 11) is 0. The van der Waals surface area contributed by atoms with Gasteiger partial charge in [0, 0.05) is 50.4 Å². The van der Waals surface area contributed by atoms with E-state index in [4.69, 9.17) is 4.42 Å². The number of aliphatic hydroxyl groups is 1. The molecule has 5 rings (SSSR count). The summed E-state index contributed by atoms with van der Waals surface area (Å²) in [6.07, 6.45) is 1.70. The molecule has 1 saturated heterocycles. The molecule has 36 heavy (non-hydrogen) atoms. The van der Waals surface area contributed by atoms with Crippen LogP contribution in [0, 0.1) is 0 Å². The van der Waals surface area contributed by atoms with Gasteiger partial charge in [-0.3, -0.25) is 9.69 Å². The van der Waals surface area contributed by atoms with E-state index in [1.54, 1.807) is 0 Å². The van der Waals surface area contributed by atoms with Crippen LogP contribution in [-0.4, -0.2) is 53.5 Å². The molecule has 1 N–H and O–H groups in total. The maximum Gasteiger partial charge on any atom is 0.222 e. The smallest absolute Gasteiger partial charge is 0.222 e. The first kappa shape index (κ1) is 24.3. The number of furan rings is 1. The van der Waals surface area contributed by atoms with Crippen LogP contribution in [0.4, 0.5) is 0 Å². The second-order valence-electron chi connectivity index (χ2n) is 9.65. The van der Waals surface area contributed by atoms with Crippen molar-refractivity contribution in [1.82, 2.24) is 9.80 Å². The highest BCUT2D eigenvalue weighted by Crippen LogP contribution is 2.30. The lowest BCUT2D eigenvalue weighted by Crippen LogP contribution is -2.49. The Kier molecular flexibility index (Phi) is 7.79. The van der Waals surface area contributed by atoms with Gasteiger partial charge in [-0.05, 0) is 36.1 Å². The predicted molar refractivity (Wildman–Crippen MR) is 143 cm³/mol. The maximum atomic E-state index is 12.9. The van der Waals surface area contributed by atoms with E-state index < -0.39 is 6.10 Å². The number of para-hydroxylation sites is 1. The van der Waals surface area contributed by atoms with Gasteiger partial charge in [0.1, 0.15) is 17.4 Å². The Morgan fingerprint density at radius 1 is 0.833 bits per heavy atom. The number of benzene rings is 3. The van der Waals surface area contributed by atoms with Crippen molar-refractivity contribution in [2.45, 2.75) is 31.3 Å². The van der Waals surface area contributed by atoms with Crippen LogP contribution in [0.3, 0.4) is 0 Å². The van der Waals surface area contributed by atoms with Crippen molar-refractivity contribution >= 4 is 16.9 Å². The molecule has 1 amide bonds. The van der Waals surface area contributed by atoms with E-state index >= 15 is 0 Å². The summed E-state index contributed by atoms with van der Waals surface area (Å²) >= 11 is 0. The first-order valence-corrected chi connectivity index (χ1v) is 12.9. The van der Waals surface area contributed by atoms with E-state index in [-0.39, 0.29) is 5.91 Å². The molecular weight excluding hydrogens is 448 g/mol. The minimum atomic E-state index is -0.674. The molecule has 1 fully saturated rings. The Morgan fingerprint density at radius 3 is 2.08 bits per heavy atom. The fraction of sp³-hybridized carbons (Fsp3) is 0.323. The summed E-state index contributed by atoms with van der Waals surface area (Å²) in [5.74, 6) is 1.13. The van der Waals surface area contributed by atoms with Crippen molar-refractivity contribution in [2.24, 2.45) is 0 Å². The number of aliphatic hydroxyl groups excluding tert-OH is 1. The third-order valence-electron chi connectivity index (χ3n) is 7.22. The molecule has 4 aromatic rings. The average molecular weight is 483 g/mol. The van der Waals surface area contributed by atoms with Crippen LogP contribution >= 0.6 is 0 Å². The summed E-state index contributed by atoms with van der Waals surface area (Å²) in [4.78, 5) is 17.1. The third-order valence-corrected chi connectivity index (χ3v) is 7.22. The zero-order chi connectivity index (χ0) is 24.7. The van der Waals surface area contributed by atoms with E-state index in [1.807, 2.05) is 47.4 Å². The monoisotopic (exact) mass is 482 g/mol. The molecule has 5 heteroatoms. The van der Waals surface area contributed by atoms with Gasteiger partial charge in [-0.15, -0.1) is 0 Å². The van der Waals surface area contributed by atoms with Gasteiger partial charge in [0.05, 0.1) is 0 Å². The van der Waals surface area contributed by atoms with Crippen LogP contribution in [-0.2, 0) is 4.79 Å². The first-order chi connectivity index (χ1) is 17.7. The fourth-order valence-corrected chi connectivity index (χ4v) is 5.19. The number of amides is 1. The molecule has 1 atom stereocenters. The molecule has 0 saturated carbocycles. The van der Waals surface area contributed by atoms with E-state index in [1.165, 1.54) is 11.1 Å². The molecule has 0 spiro atoms. The number of piperazine rings is 1. The lowest BCUT2D eigenvalue weighted by molar-refractivity contribution is -0.133. The van der Waals surface area contributed by atoms with Crippen molar-refractivity contribution < 1.29 is 14.3 Å². The standard InChI is InChI=1S/C31H34N2O3/c34-28(30-22-26-14-7-8-16-29(26)36-30)23-32-18-20-33(21-19-32)31(35)17-9-15-27(24-10-3-1-4-11-24)25-12-5-2-6-13-25/h1-8,10-14,16,22,27-28,34H,9,15,17-21,23H2. The van der Waals surface area contributed by atoms with Crippen molar-refractivity contribution in [3.05, 3.63) is 108 Å². The molecular formula is C31H34N2O3. The predicted octanol–water partition coefficient (Wildman–Crippen LogP) is 5.61. The van der Waals surface area contributed by atoms with Crippen LogP contribution in [0.5, 0.6) is 0 Å². The van der Waals surface area contributed by atoms with Crippen LogP contribution in [0.15, 0.2) is 95.4 Å². The molecule has 1 aliphatic heterocycles. The van der Waals surface area contributed by atoms with Crippen molar-refractivity contribution in [2.75, 3.05) is 32.7 Å². The lowest BCUT2D eigenvalue weighted by Gasteiger charge is -2.35. The highest BCUT2D eigenvalue weighted by Gasteiger charge is 2.24. The number of rotatable bonds is 9. The molecule has 0 radical (unpaired) electrons. The molecule has 1 aromatic heterocycles. The number of fused-ring (bicyclic) bond motifs is 1. The van der Waals surface area contributed by atoms with Crippen LogP contribution in [0.2, 0.25) is 0 Å². The van der Waals surface area contributed by atoms with Crippen molar-refractivity contribution in [3.63, 3.8) is 0 Å². The summed E-state index contributed by atoms with van der Waals surface area (Å²) in [6.45, 7) is 3.44. The van der Waals surface area contributed by atoms with E-state index in [9.17, 15) is 9.90 Å². The molecule has 0 aliphatic carbocycles. The number of nitrogens with zero attached hydrogens (tertiary/aromatic N) is 2.